The standard InChI is InChI=1S/C11H14N4O5/c16-9(12-6-11(2-3-11)10(17)18)1-4-14-5-8(13-7-14)15(19)20/h5,7H,1-4,6H2,(H,12,16)(H,17,18). The molecule has 9 nitrogen and oxygen atoms in total. The summed E-state index contributed by atoms with van der Waals surface area (Å²) >= 11 is 0. The minimum atomic E-state index is -0.886. The molecule has 2 rings (SSSR count). The van der Waals surface area contributed by atoms with Gasteiger partial charge in [-0.05, 0) is 22.7 Å². The fourth-order valence-corrected chi connectivity index (χ4v) is 1.77. The van der Waals surface area contributed by atoms with Gasteiger partial charge in [0.1, 0.15) is 6.20 Å². The number of hydrogen-bond acceptors (Lipinski definition) is 5. The van der Waals surface area contributed by atoms with Gasteiger partial charge >= 0.3 is 11.8 Å². The molecule has 1 aromatic heterocycles. The number of carbonyl (C=O) groups is 2. The van der Waals surface area contributed by atoms with E-state index < -0.39 is 16.3 Å². The Labute approximate surface area is 113 Å². The molecule has 0 atom stereocenters. The molecule has 0 saturated heterocycles. The van der Waals surface area contributed by atoms with Gasteiger partial charge in [0.2, 0.25) is 12.2 Å². The zero-order valence-corrected chi connectivity index (χ0v) is 10.6. The van der Waals surface area contributed by atoms with Gasteiger partial charge in [-0.2, -0.15) is 0 Å². The Hall–Kier alpha value is -2.45. The number of amides is 1. The van der Waals surface area contributed by atoms with Gasteiger partial charge in [-0.3, -0.25) is 9.59 Å². The number of aryl methyl sites for hydroxylation is 1. The molecule has 108 valence electrons. The third kappa shape index (κ3) is 3.11. The van der Waals surface area contributed by atoms with E-state index in [1.54, 1.807) is 0 Å². The summed E-state index contributed by atoms with van der Waals surface area (Å²) in [6.45, 7) is 0.387. The van der Waals surface area contributed by atoms with Crippen LogP contribution in [0.15, 0.2) is 12.5 Å². The number of nitrogens with one attached hydrogen (secondary N) is 1. The lowest BCUT2D eigenvalue weighted by Gasteiger charge is -2.10. The number of hydrogen-bond donors (Lipinski definition) is 2. The van der Waals surface area contributed by atoms with Crippen LogP contribution in [0.3, 0.4) is 0 Å². The second-order valence-electron chi connectivity index (χ2n) is 4.84. The van der Waals surface area contributed by atoms with E-state index in [0.717, 1.165) is 0 Å². The summed E-state index contributed by atoms with van der Waals surface area (Å²) in [7, 11) is 0. The summed E-state index contributed by atoms with van der Waals surface area (Å²) in [6, 6.07) is 0. The number of aromatic nitrogens is 2. The number of aliphatic carboxylic acids is 1. The van der Waals surface area contributed by atoms with Gasteiger partial charge in [0, 0.05) is 19.5 Å². The summed E-state index contributed by atoms with van der Waals surface area (Å²) in [5.41, 5.74) is -0.788. The molecule has 9 heteroatoms. The van der Waals surface area contributed by atoms with Gasteiger partial charge in [0.25, 0.3) is 0 Å². The fraction of sp³-hybridized carbons (Fsp3) is 0.545. The van der Waals surface area contributed by atoms with Crippen LogP contribution in [-0.2, 0) is 16.1 Å². The summed E-state index contributed by atoms with van der Waals surface area (Å²) in [5.74, 6) is -1.44. The molecule has 0 aromatic carbocycles. The molecule has 20 heavy (non-hydrogen) atoms. The largest absolute Gasteiger partial charge is 0.481 e. The van der Waals surface area contributed by atoms with Crippen LogP contribution < -0.4 is 5.32 Å². The van der Waals surface area contributed by atoms with Crippen LogP contribution in [0, 0.1) is 15.5 Å². The lowest BCUT2D eigenvalue weighted by Crippen LogP contribution is -2.34. The minimum Gasteiger partial charge on any atom is -0.481 e. The Morgan fingerprint density at radius 3 is 2.75 bits per heavy atom. The van der Waals surface area contributed by atoms with Crippen molar-refractivity contribution in [2.24, 2.45) is 5.41 Å². The zero-order chi connectivity index (χ0) is 14.8. The molecule has 1 aliphatic rings. The van der Waals surface area contributed by atoms with Crippen LogP contribution in [0.5, 0.6) is 0 Å². The topological polar surface area (TPSA) is 127 Å². The Balaban J connectivity index is 1.75. The van der Waals surface area contributed by atoms with E-state index in [2.05, 4.69) is 10.3 Å². The first-order valence-electron chi connectivity index (χ1n) is 6.09. The average Bonchev–Trinajstić information content (AvgIpc) is 3.04. The Bertz CT molecular complexity index is 549. The first-order valence-corrected chi connectivity index (χ1v) is 6.09. The number of rotatable bonds is 7. The molecule has 1 aromatic rings. The SMILES string of the molecule is O=C(CCn1cnc([N+](=O)[O-])c1)NCC1(C(=O)O)CC1. The molecule has 1 amide bonds. The molecule has 1 fully saturated rings. The number of nitrogens with zero attached hydrogens (tertiary/aromatic N) is 3. The first kappa shape index (κ1) is 14.0. The molecule has 0 bridgehead atoms. The van der Waals surface area contributed by atoms with Gasteiger partial charge in [0.05, 0.1) is 5.41 Å². The number of carboxylic acid groups (broad SMARTS) is 1. The van der Waals surface area contributed by atoms with Crippen molar-refractivity contribution in [1.29, 1.82) is 0 Å². The van der Waals surface area contributed by atoms with Crippen molar-refractivity contribution in [3.63, 3.8) is 0 Å². The molecule has 1 heterocycles. The highest BCUT2D eigenvalue weighted by Crippen LogP contribution is 2.45. The fourth-order valence-electron chi connectivity index (χ4n) is 1.77. The lowest BCUT2D eigenvalue weighted by atomic mass is 10.1. The lowest BCUT2D eigenvalue weighted by molar-refractivity contribution is -0.389. The number of carboxylic acids is 1. The molecule has 0 unspecified atom stereocenters. The van der Waals surface area contributed by atoms with Gasteiger partial charge < -0.3 is 25.1 Å². The number of nitro groups is 1. The van der Waals surface area contributed by atoms with Crippen LogP contribution in [0.2, 0.25) is 0 Å². The maximum Gasteiger partial charge on any atom is 0.381 e. The van der Waals surface area contributed by atoms with Crippen LogP contribution in [0.1, 0.15) is 19.3 Å². The Morgan fingerprint density at radius 2 is 2.25 bits per heavy atom. The smallest absolute Gasteiger partial charge is 0.381 e. The molecule has 0 radical (unpaired) electrons. The minimum absolute atomic E-state index is 0.114. The van der Waals surface area contributed by atoms with E-state index in [1.807, 2.05) is 0 Å². The predicted octanol–water partition coefficient (Wildman–Crippen LogP) is 0.162. The van der Waals surface area contributed by atoms with Crippen molar-refractivity contribution in [2.75, 3.05) is 6.54 Å². The summed E-state index contributed by atoms with van der Waals surface area (Å²) in [6.07, 6.45) is 3.80. The number of carbonyl (C=O) groups excluding carboxylic acids is 1. The average molecular weight is 282 g/mol. The van der Waals surface area contributed by atoms with Crippen molar-refractivity contribution in [3.8, 4) is 0 Å². The summed E-state index contributed by atoms with van der Waals surface area (Å²) in [4.78, 5) is 35.9. The summed E-state index contributed by atoms with van der Waals surface area (Å²) in [5, 5.41) is 22.0. The third-order valence-corrected chi connectivity index (χ3v) is 3.33. The zero-order valence-electron chi connectivity index (χ0n) is 10.6. The molecule has 1 saturated carbocycles. The molecular weight excluding hydrogens is 268 g/mol. The highest BCUT2D eigenvalue weighted by Gasteiger charge is 2.50. The molecular formula is C11H14N4O5. The highest BCUT2D eigenvalue weighted by atomic mass is 16.6. The van der Waals surface area contributed by atoms with Gasteiger partial charge in [-0.15, -0.1) is 0 Å². The van der Waals surface area contributed by atoms with Crippen molar-refractivity contribution in [3.05, 3.63) is 22.6 Å². The van der Waals surface area contributed by atoms with E-state index in [-0.39, 0.29) is 31.2 Å². The number of imidazole rings is 1. The van der Waals surface area contributed by atoms with Gasteiger partial charge in [-0.25, -0.2) is 0 Å². The maximum absolute atomic E-state index is 11.6. The second kappa shape index (κ2) is 5.27. The van der Waals surface area contributed by atoms with E-state index in [4.69, 9.17) is 5.11 Å². The monoisotopic (exact) mass is 282 g/mol. The summed E-state index contributed by atoms with van der Waals surface area (Å²) < 4.78 is 1.45. The van der Waals surface area contributed by atoms with Crippen molar-refractivity contribution < 1.29 is 19.6 Å². The van der Waals surface area contributed by atoms with E-state index in [9.17, 15) is 19.7 Å². The van der Waals surface area contributed by atoms with Crippen LogP contribution >= 0.6 is 0 Å². The molecule has 1 aliphatic carbocycles. The third-order valence-electron chi connectivity index (χ3n) is 3.33. The Morgan fingerprint density at radius 1 is 1.55 bits per heavy atom. The van der Waals surface area contributed by atoms with Crippen molar-refractivity contribution in [1.82, 2.24) is 14.9 Å². The van der Waals surface area contributed by atoms with Crippen LogP contribution in [-0.4, -0.2) is 38.0 Å². The van der Waals surface area contributed by atoms with E-state index in [0.29, 0.717) is 12.8 Å². The van der Waals surface area contributed by atoms with E-state index >= 15 is 0 Å². The first-order chi connectivity index (χ1) is 9.43. The highest BCUT2D eigenvalue weighted by molar-refractivity contribution is 5.80. The molecule has 0 spiro atoms. The van der Waals surface area contributed by atoms with E-state index in [1.165, 1.54) is 17.1 Å². The molecule has 0 aliphatic heterocycles. The Kier molecular flexibility index (Phi) is 3.68. The van der Waals surface area contributed by atoms with Gasteiger partial charge in [-0.1, -0.05) is 0 Å². The normalized spacial score (nSPS) is 15.6. The van der Waals surface area contributed by atoms with Crippen LogP contribution in [0.25, 0.3) is 0 Å². The quantitative estimate of drug-likeness (QED) is 0.541. The van der Waals surface area contributed by atoms with Crippen molar-refractivity contribution in [2.45, 2.75) is 25.8 Å². The maximum atomic E-state index is 11.6. The van der Waals surface area contributed by atoms with Crippen molar-refractivity contribution >= 4 is 17.7 Å². The van der Waals surface area contributed by atoms with Gasteiger partial charge in [0.15, 0.2) is 0 Å². The van der Waals surface area contributed by atoms with Crippen LogP contribution in [0.4, 0.5) is 5.82 Å². The predicted molar refractivity (Wildman–Crippen MR) is 65.8 cm³/mol. The molecule has 2 N–H and O–H groups in total. The second-order valence-corrected chi connectivity index (χ2v) is 4.84.